The minimum atomic E-state index is -3.15. The molecule has 1 amide bonds. The number of hydrogen-bond donors (Lipinski definition) is 1. The van der Waals surface area contributed by atoms with Crippen LogP contribution in [0.15, 0.2) is 41.1 Å². The molecule has 3 aromatic rings. The summed E-state index contributed by atoms with van der Waals surface area (Å²) in [5.41, 5.74) is -0.934. The van der Waals surface area contributed by atoms with Gasteiger partial charge in [0.1, 0.15) is 11.6 Å². The fourth-order valence-electron chi connectivity index (χ4n) is 2.50. The number of hydrogen-bond acceptors (Lipinski definition) is 3. The van der Waals surface area contributed by atoms with Gasteiger partial charge in [-0.1, -0.05) is 15.9 Å². The smallest absolute Gasteiger partial charge is 0.387 e. The summed E-state index contributed by atoms with van der Waals surface area (Å²) in [6, 6.07) is 4.03. The lowest BCUT2D eigenvalue weighted by molar-refractivity contribution is -0.0501. The van der Waals surface area contributed by atoms with Gasteiger partial charge in [0.2, 0.25) is 0 Å². The van der Waals surface area contributed by atoms with Crippen LogP contribution < -0.4 is 10.1 Å². The second kappa shape index (κ2) is 8.78. The number of carbonyl (C=O) groups is 1. The van der Waals surface area contributed by atoms with Gasteiger partial charge in [0.25, 0.3) is 5.91 Å². The maximum Gasteiger partial charge on any atom is 0.387 e. The van der Waals surface area contributed by atoms with Gasteiger partial charge >= 0.3 is 6.61 Å². The first kappa shape index (κ1) is 21.7. The van der Waals surface area contributed by atoms with Crippen molar-refractivity contribution in [1.29, 1.82) is 0 Å². The molecule has 0 fully saturated rings. The van der Waals surface area contributed by atoms with Crippen molar-refractivity contribution >= 4 is 27.5 Å². The number of anilines is 1. The molecule has 0 bridgehead atoms. The molecule has 30 heavy (non-hydrogen) atoms. The first-order chi connectivity index (χ1) is 14.2. The van der Waals surface area contributed by atoms with E-state index in [0.717, 1.165) is 17.1 Å². The molecule has 0 unspecified atom stereocenters. The molecule has 2 aromatic carbocycles. The Hall–Kier alpha value is -3.02. The largest absolute Gasteiger partial charge is 0.434 e. The number of carbonyl (C=O) groups excluding carboxylic acids is 1. The maximum absolute atomic E-state index is 13.8. The Morgan fingerprint density at radius 3 is 2.57 bits per heavy atom. The zero-order valence-corrected chi connectivity index (χ0v) is 16.2. The van der Waals surface area contributed by atoms with E-state index in [-0.39, 0.29) is 23.1 Å². The predicted octanol–water partition coefficient (Wildman–Crippen LogP) is 5.10. The van der Waals surface area contributed by atoms with Crippen LogP contribution in [0.2, 0.25) is 0 Å². The van der Waals surface area contributed by atoms with Gasteiger partial charge in [-0.3, -0.25) is 9.48 Å². The fraction of sp³-hybridized carbons (Fsp3) is 0.111. The van der Waals surface area contributed by atoms with E-state index in [4.69, 9.17) is 0 Å². The van der Waals surface area contributed by atoms with Crippen molar-refractivity contribution < 1.29 is 35.9 Å². The first-order valence-electron chi connectivity index (χ1n) is 8.05. The van der Waals surface area contributed by atoms with Crippen molar-refractivity contribution in [3.8, 4) is 5.75 Å². The SMILES string of the molecule is O=C(Nc1cnn(Cc2c(F)cc(F)c(F)c2F)c1)c1cc(Br)ccc1OC(F)F. The average Bonchev–Trinajstić information content (AvgIpc) is 3.11. The van der Waals surface area contributed by atoms with Crippen LogP contribution in [0, 0.1) is 23.3 Å². The first-order valence-corrected chi connectivity index (χ1v) is 8.85. The number of halogens is 7. The molecule has 158 valence electrons. The molecule has 0 saturated carbocycles. The zero-order chi connectivity index (χ0) is 22.0. The summed E-state index contributed by atoms with van der Waals surface area (Å²) >= 11 is 3.11. The normalized spacial score (nSPS) is 11.1. The fourth-order valence-corrected chi connectivity index (χ4v) is 2.86. The van der Waals surface area contributed by atoms with Crippen LogP contribution in [0.3, 0.4) is 0 Å². The Morgan fingerprint density at radius 2 is 1.87 bits per heavy atom. The molecule has 5 nitrogen and oxygen atoms in total. The average molecular weight is 494 g/mol. The number of rotatable bonds is 6. The van der Waals surface area contributed by atoms with E-state index in [1.165, 1.54) is 18.2 Å². The number of nitrogens with zero attached hydrogens (tertiary/aromatic N) is 2. The lowest BCUT2D eigenvalue weighted by Crippen LogP contribution is -2.15. The van der Waals surface area contributed by atoms with Crippen molar-refractivity contribution in [1.82, 2.24) is 9.78 Å². The van der Waals surface area contributed by atoms with Gasteiger partial charge in [0.05, 0.1) is 24.0 Å². The Kier molecular flexibility index (Phi) is 6.34. The molecule has 3 rings (SSSR count). The summed E-state index contributed by atoms with van der Waals surface area (Å²) in [6.45, 7) is -3.75. The molecule has 0 atom stereocenters. The van der Waals surface area contributed by atoms with Gasteiger partial charge in [-0.05, 0) is 18.2 Å². The highest BCUT2D eigenvalue weighted by Gasteiger charge is 2.20. The lowest BCUT2D eigenvalue weighted by Gasteiger charge is -2.11. The molecule has 0 spiro atoms. The van der Waals surface area contributed by atoms with E-state index in [1.807, 2.05) is 0 Å². The monoisotopic (exact) mass is 493 g/mol. The molecule has 1 N–H and O–H groups in total. The number of amides is 1. The second-order valence-electron chi connectivity index (χ2n) is 5.85. The highest BCUT2D eigenvalue weighted by molar-refractivity contribution is 9.10. The van der Waals surface area contributed by atoms with Gasteiger partial charge in [0, 0.05) is 22.3 Å². The molecule has 0 saturated heterocycles. The van der Waals surface area contributed by atoms with Crippen LogP contribution in [0.1, 0.15) is 15.9 Å². The number of benzene rings is 2. The summed E-state index contributed by atoms with van der Waals surface area (Å²) < 4.78 is 84.7. The predicted molar refractivity (Wildman–Crippen MR) is 96.3 cm³/mol. The van der Waals surface area contributed by atoms with Crippen molar-refractivity contribution in [3.05, 3.63) is 75.5 Å². The van der Waals surface area contributed by atoms with Crippen LogP contribution in [0.4, 0.5) is 32.0 Å². The molecule has 0 aliphatic rings. The van der Waals surface area contributed by atoms with Gasteiger partial charge in [-0.15, -0.1) is 0 Å². The van der Waals surface area contributed by atoms with Crippen molar-refractivity contribution in [2.24, 2.45) is 0 Å². The molecule has 1 aromatic heterocycles. The summed E-state index contributed by atoms with van der Waals surface area (Å²) in [7, 11) is 0. The Balaban J connectivity index is 1.79. The Morgan fingerprint density at radius 1 is 1.13 bits per heavy atom. The number of ether oxygens (including phenoxy) is 1. The third-order valence-corrected chi connectivity index (χ3v) is 4.32. The third kappa shape index (κ3) is 4.75. The number of alkyl halides is 2. The van der Waals surface area contributed by atoms with Gasteiger partial charge in [-0.25, -0.2) is 17.6 Å². The van der Waals surface area contributed by atoms with Gasteiger partial charge in [0.15, 0.2) is 17.5 Å². The summed E-state index contributed by atoms with van der Waals surface area (Å²) in [6.07, 6.45) is 2.27. The molecule has 0 radical (unpaired) electrons. The second-order valence-corrected chi connectivity index (χ2v) is 6.76. The minimum absolute atomic E-state index is 0.0476. The van der Waals surface area contributed by atoms with E-state index in [0.29, 0.717) is 4.47 Å². The molecule has 0 aliphatic carbocycles. The van der Waals surface area contributed by atoms with Crippen LogP contribution in [-0.4, -0.2) is 22.3 Å². The van der Waals surface area contributed by atoms with Crippen LogP contribution >= 0.6 is 15.9 Å². The van der Waals surface area contributed by atoms with E-state index >= 15 is 0 Å². The van der Waals surface area contributed by atoms with E-state index in [1.54, 1.807) is 0 Å². The Bertz CT molecular complexity index is 1110. The molecule has 0 aliphatic heterocycles. The van der Waals surface area contributed by atoms with Crippen molar-refractivity contribution in [3.63, 3.8) is 0 Å². The molecular formula is C18H10BrF6N3O2. The summed E-state index contributed by atoms with van der Waals surface area (Å²) in [5.74, 6) is -7.70. The Labute approximate surface area is 173 Å². The molecular weight excluding hydrogens is 484 g/mol. The molecule has 12 heteroatoms. The van der Waals surface area contributed by atoms with E-state index in [9.17, 15) is 31.1 Å². The third-order valence-electron chi connectivity index (χ3n) is 3.82. The minimum Gasteiger partial charge on any atom is -0.434 e. The lowest BCUT2D eigenvalue weighted by atomic mass is 10.2. The quantitative estimate of drug-likeness (QED) is 0.295. The topological polar surface area (TPSA) is 56.2 Å². The van der Waals surface area contributed by atoms with E-state index < -0.39 is 47.9 Å². The highest BCUT2D eigenvalue weighted by atomic mass is 79.9. The standard InChI is InChI=1S/C18H10BrF6N3O2/c19-8-1-2-14(30-18(24)25)10(3-8)17(29)27-9-5-26-28(6-9)7-11-12(20)4-13(21)16(23)15(11)22/h1-6,18H,7H2,(H,27,29). The van der Waals surface area contributed by atoms with Crippen molar-refractivity contribution in [2.45, 2.75) is 13.2 Å². The van der Waals surface area contributed by atoms with Crippen molar-refractivity contribution in [2.75, 3.05) is 5.32 Å². The zero-order valence-electron chi connectivity index (χ0n) is 14.6. The number of nitrogens with one attached hydrogen (secondary N) is 1. The highest BCUT2D eigenvalue weighted by Crippen LogP contribution is 2.26. The maximum atomic E-state index is 13.8. The summed E-state index contributed by atoms with van der Waals surface area (Å²) in [5, 5.41) is 6.14. The molecule has 1 heterocycles. The number of aromatic nitrogens is 2. The van der Waals surface area contributed by atoms with Crippen LogP contribution in [0.25, 0.3) is 0 Å². The van der Waals surface area contributed by atoms with E-state index in [2.05, 4.69) is 31.1 Å². The van der Waals surface area contributed by atoms with Crippen LogP contribution in [0.5, 0.6) is 5.75 Å². The van der Waals surface area contributed by atoms with Gasteiger partial charge < -0.3 is 10.1 Å². The van der Waals surface area contributed by atoms with Gasteiger partial charge in [-0.2, -0.15) is 13.9 Å². The summed E-state index contributed by atoms with van der Waals surface area (Å²) in [4.78, 5) is 12.4. The van der Waals surface area contributed by atoms with Crippen LogP contribution in [-0.2, 0) is 6.54 Å².